The van der Waals surface area contributed by atoms with Crippen LogP contribution >= 0.6 is 0 Å². The van der Waals surface area contributed by atoms with Crippen LogP contribution in [0.5, 0.6) is 5.75 Å². The molecule has 0 saturated carbocycles. The number of ether oxygens (including phenoxy) is 1. The first-order valence-corrected chi connectivity index (χ1v) is 9.29. The topological polar surface area (TPSA) is 76.1 Å². The summed E-state index contributed by atoms with van der Waals surface area (Å²) in [6.45, 7) is 2.61. The third kappa shape index (κ3) is 5.07. The third-order valence-corrected chi connectivity index (χ3v) is 4.39. The monoisotopic (exact) mass is 376 g/mol. The maximum atomic E-state index is 12.3. The van der Waals surface area contributed by atoms with E-state index in [9.17, 15) is 4.79 Å². The Morgan fingerprint density at radius 1 is 1.04 bits per heavy atom. The Morgan fingerprint density at radius 3 is 2.64 bits per heavy atom. The maximum Gasteiger partial charge on any atom is 0.271 e. The van der Waals surface area contributed by atoms with Crippen LogP contribution in [-0.2, 0) is 12.8 Å². The van der Waals surface area contributed by atoms with Crippen molar-refractivity contribution < 1.29 is 9.53 Å². The van der Waals surface area contributed by atoms with Gasteiger partial charge < -0.3 is 15.4 Å². The van der Waals surface area contributed by atoms with E-state index in [0.29, 0.717) is 24.5 Å². The molecular formula is C22H24N4O2. The highest BCUT2D eigenvalue weighted by Gasteiger charge is 2.09. The van der Waals surface area contributed by atoms with Crippen molar-refractivity contribution in [3.05, 3.63) is 77.5 Å². The van der Waals surface area contributed by atoms with Gasteiger partial charge in [-0.15, -0.1) is 10.2 Å². The molecule has 0 bridgehead atoms. The summed E-state index contributed by atoms with van der Waals surface area (Å²) in [6, 6.07) is 19.3. The van der Waals surface area contributed by atoms with Crippen LogP contribution in [0.1, 0.15) is 28.5 Å². The molecule has 144 valence electrons. The summed E-state index contributed by atoms with van der Waals surface area (Å²) in [6.07, 6.45) is 1.63. The van der Waals surface area contributed by atoms with Crippen molar-refractivity contribution in [2.45, 2.75) is 19.8 Å². The lowest BCUT2D eigenvalue weighted by Gasteiger charge is -2.10. The second-order valence-electron chi connectivity index (χ2n) is 6.30. The number of nitrogens with zero attached hydrogens (tertiary/aromatic N) is 2. The van der Waals surface area contributed by atoms with Gasteiger partial charge in [-0.3, -0.25) is 4.79 Å². The minimum Gasteiger partial charge on any atom is -0.497 e. The van der Waals surface area contributed by atoms with Gasteiger partial charge in [-0.25, -0.2) is 0 Å². The summed E-state index contributed by atoms with van der Waals surface area (Å²) in [4.78, 5) is 12.3. The molecule has 1 aromatic heterocycles. The molecule has 0 saturated heterocycles. The van der Waals surface area contributed by atoms with Gasteiger partial charge in [-0.1, -0.05) is 37.3 Å². The molecule has 1 heterocycles. The summed E-state index contributed by atoms with van der Waals surface area (Å²) in [5.74, 6) is 1.17. The molecule has 2 N–H and O–H groups in total. The highest BCUT2D eigenvalue weighted by molar-refractivity contribution is 5.92. The Hall–Kier alpha value is -3.41. The van der Waals surface area contributed by atoms with Crippen LogP contribution in [0.15, 0.2) is 60.7 Å². The van der Waals surface area contributed by atoms with Crippen LogP contribution in [0.25, 0.3) is 0 Å². The fraction of sp³-hybridized carbons (Fsp3) is 0.227. The number of amides is 1. The highest BCUT2D eigenvalue weighted by atomic mass is 16.5. The number of nitrogens with one attached hydrogen (secondary N) is 2. The van der Waals surface area contributed by atoms with E-state index in [4.69, 9.17) is 4.74 Å². The molecule has 6 nitrogen and oxygen atoms in total. The number of methoxy groups -OCH3 is 1. The summed E-state index contributed by atoms with van der Waals surface area (Å²) in [5.41, 5.74) is 3.58. The standard InChI is InChI=1S/C22H24N4O2/c1-3-17-8-4-5-10-19(17)24-21-12-11-20(25-26-21)22(27)23-14-13-16-7-6-9-18(15-16)28-2/h4-12,15H,3,13-14H2,1-2H3,(H,23,27)(H,24,26). The van der Waals surface area contributed by atoms with Crippen molar-refractivity contribution in [3.8, 4) is 5.75 Å². The first-order chi connectivity index (χ1) is 13.7. The number of hydrogen-bond donors (Lipinski definition) is 2. The van der Waals surface area contributed by atoms with Gasteiger partial charge in [0.05, 0.1) is 7.11 Å². The number of benzene rings is 2. The second-order valence-corrected chi connectivity index (χ2v) is 6.30. The zero-order valence-corrected chi connectivity index (χ0v) is 16.1. The molecule has 0 radical (unpaired) electrons. The van der Waals surface area contributed by atoms with E-state index in [0.717, 1.165) is 23.4 Å². The van der Waals surface area contributed by atoms with Crippen LogP contribution in [0.2, 0.25) is 0 Å². The van der Waals surface area contributed by atoms with E-state index >= 15 is 0 Å². The fourth-order valence-electron chi connectivity index (χ4n) is 2.85. The van der Waals surface area contributed by atoms with E-state index in [-0.39, 0.29) is 5.91 Å². The van der Waals surface area contributed by atoms with Gasteiger partial charge in [0, 0.05) is 12.2 Å². The number of aromatic nitrogens is 2. The van der Waals surface area contributed by atoms with Crippen LogP contribution in [0.3, 0.4) is 0 Å². The average Bonchev–Trinajstić information content (AvgIpc) is 2.74. The lowest BCUT2D eigenvalue weighted by molar-refractivity contribution is 0.0948. The minimum absolute atomic E-state index is 0.240. The van der Waals surface area contributed by atoms with Gasteiger partial charge in [-0.2, -0.15) is 0 Å². The van der Waals surface area contributed by atoms with Crippen molar-refractivity contribution in [1.82, 2.24) is 15.5 Å². The molecule has 0 fully saturated rings. The second kappa shape index (κ2) is 9.50. The minimum atomic E-state index is -0.240. The Bertz CT molecular complexity index is 926. The van der Waals surface area contributed by atoms with Gasteiger partial charge in [0.25, 0.3) is 5.91 Å². The van der Waals surface area contributed by atoms with Crippen molar-refractivity contribution in [2.75, 3.05) is 19.0 Å². The van der Waals surface area contributed by atoms with Gasteiger partial charge >= 0.3 is 0 Å². The average molecular weight is 376 g/mol. The van der Waals surface area contributed by atoms with Crippen LogP contribution < -0.4 is 15.4 Å². The molecule has 0 spiro atoms. The van der Waals surface area contributed by atoms with Crippen molar-refractivity contribution in [2.24, 2.45) is 0 Å². The van der Waals surface area contributed by atoms with Crippen LogP contribution in [0, 0.1) is 0 Å². The fourth-order valence-corrected chi connectivity index (χ4v) is 2.85. The molecule has 0 unspecified atom stereocenters. The summed E-state index contributed by atoms with van der Waals surface area (Å²) < 4.78 is 5.21. The molecule has 0 aliphatic heterocycles. The smallest absolute Gasteiger partial charge is 0.271 e. The van der Waals surface area contributed by atoms with Crippen molar-refractivity contribution >= 4 is 17.4 Å². The quantitative estimate of drug-likeness (QED) is 0.626. The van der Waals surface area contributed by atoms with Gasteiger partial charge in [-0.05, 0) is 54.3 Å². The van der Waals surface area contributed by atoms with Crippen LogP contribution in [-0.4, -0.2) is 29.8 Å². The number of rotatable bonds is 8. The van der Waals surface area contributed by atoms with Crippen molar-refractivity contribution in [1.29, 1.82) is 0 Å². The van der Waals surface area contributed by atoms with E-state index in [1.807, 2.05) is 42.5 Å². The number of carbonyl (C=O) groups excluding carboxylic acids is 1. The predicted octanol–water partition coefficient (Wildman–Crippen LogP) is 3.76. The number of hydrogen-bond acceptors (Lipinski definition) is 5. The highest BCUT2D eigenvalue weighted by Crippen LogP contribution is 2.19. The lowest BCUT2D eigenvalue weighted by Crippen LogP contribution is -2.26. The number of anilines is 2. The molecule has 2 aromatic carbocycles. The number of carbonyl (C=O) groups is 1. The maximum absolute atomic E-state index is 12.3. The lowest BCUT2D eigenvalue weighted by atomic mass is 10.1. The first kappa shape index (κ1) is 19.4. The third-order valence-electron chi connectivity index (χ3n) is 4.39. The summed E-state index contributed by atoms with van der Waals surface area (Å²) in [7, 11) is 1.64. The molecular weight excluding hydrogens is 352 g/mol. The van der Waals surface area contributed by atoms with Crippen LogP contribution in [0.4, 0.5) is 11.5 Å². The summed E-state index contributed by atoms with van der Waals surface area (Å²) >= 11 is 0. The van der Waals surface area contributed by atoms with E-state index in [2.05, 4.69) is 33.8 Å². The SMILES string of the molecule is CCc1ccccc1Nc1ccc(C(=O)NCCc2cccc(OC)c2)nn1. The zero-order valence-electron chi connectivity index (χ0n) is 16.1. The molecule has 0 aliphatic rings. The van der Waals surface area contributed by atoms with Crippen molar-refractivity contribution in [3.63, 3.8) is 0 Å². The van der Waals surface area contributed by atoms with Gasteiger partial charge in [0.1, 0.15) is 5.75 Å². The van der Waals surface area contributed by atoms with Gasteiger partial charge in [0.15, 0.2) is 11.5 Å². The van der Waals surface area contributed by atoms with E-state index in [1.54, 1.807) is 19.2 Å². The molecule has 28 heavy (non-hydrogen) atoms. The van der Waals surface area contributed by atoms with Gasteiger partial charge in [0.2, 0.25) is 0 Å². The van der Waals surface area contributed by atoms with E-state index in [1.165, 1.54) is 5.56 Å². The normalized spacial score (nSPS) is 10.4. The predicted molar refractivity (Wildman–Crippen MR) is 110 cm³/mol. The number of aryl methyl sites for hydroxylation is 1. The molecule has 6 heteroatoms. The Balaban J connectivity index is 1.54. The Labute approximate surface area is 165 Å². The molecule has 0 aliphatic carbocycles. The number of para-hydroxylation sites is 1. The molecule has 0 atom stereocenters. The first-order valence-electron chi connectivity index (χ1n) is 9.29. The van der Waals surface area contributed by atoms with E-state index < -0.39 is 0 Å². The molecule has 1 amide bonds. The summed E-state index contributed by atoms with van der Waals surface area (Å²) in [5, 5.41) is 14.3. The Morgan fingerprint density at radius 2 is 1.89 bits per heavy atom. The molecule has 3 rings (SSSR count). The molecule has 3 aromatic rings. The largest absolute Gasteiger partial charge is 0.497 e. The zero-order chi connectivity index (χ0) is 19.8. The Kier molecular flexibility index (Phi) is 6.57.